The van der Waals surface area contributed by atoms with Crippen LogP contribution in [0.15, 0.2) is 49.6 Å². The predicted octanol–water partition coefficient (Wildman–Crippen LogP) is 4.49. The molecule has 3 heterocycles. The fourth-order valence-corrected chi connectivity index (χ4v) is 8.44. The summed E-state index contributed by atoms with van der Waals surface area (Å²) in [7, 11) is 0. The Labute approximate surface area is 261 Å². The molecule has 3 saturated heterocycles. The molecule has 1 N–H and O–H groups in total. The number of hydrogen-bond donors (Lipinski definition) is 1. The molecule has 0 radical (unpaired) electrons. The van der Waals surface area contributed by atoms with Gasteiger partial charge in [-0.15, -0.1) is 13.2 Å². The third-order valence-electron chi connectivity index (χ3n) is 10.5. The van der Waals surface area contributed by atoms with Gasteiger partial charge in [-0.3, -0.25) is 14.4 Å². The first kappa shape index (κ1) is 32.2. The summed E-state index contributed by atoms with van der Waals surface area (Å²) < 4.78 is 12.5. The van der Waals surface area contributed by atoms with E-state index in [9.17, 15) is 19.5 Å². The van der Waals surface area contributed by atoms with Crippen LogP contribution in [-0.2, 0) is 19.1 Å². The third-order valence-corrected chi connectivity index (χ3v) is 10.5. The lowest BCUT2D eigenvalue weighted by Crippen LogP contribution is -2.60. The summed E-state index contributed by atoms with van der Waals surface area (Å²) in [6.07, 6.45) is 10.0. The van der Waals surface area contributed by atoms with E-state index in [4.69, 9.17) is 9.47 Å². The van der Waals surface area contributed by atoms with E-state index >= 15 is 0 Å². The molecular weight excluding hydrogens is 558 g/mol. The number of ether oxygens (including phenoxy) is 2. The van der Waals surface area contributed by atoms with Gasteiger partial charge in [-0.2, -0.15) is 0 Å². The molecule has 5 rings (SSSR count). The number of hydrogen-bond acceptors (Lipinski definition) is 6. The molecule has 1 aromatic carbocycles. The lowest BCUT2D eigenvalue weighted by atomic mass is 9.66. The van der Waals surface area contributed by atoms with Crippen LogP contribution < -0.4 is 9.64 Å². The summed E-state index contributed by atoms with van der Waals surface area (Å²) in [6, 6.07) is 5.91. The van der Waals surface area contributed by atoms with Gasteiger partial charge in [0.15, 0.2) is 0 Å². The number of benzene rings is 1. The van der Waals surface area contributed by atoms with Crippen molar-refractivity contribution in [3.63, 3.8) is 0 Å². The van der Waals surface area contributed by atoms with Crippen LogP contribution in [0.4, 0.5) is 5.69 Å². The third kappa shape index (κ3) is 5.26. The van der Waals surface area contributed by atoms with Gasteiger partial charge in [0.25, 0.3) is 0 Å². The van der Waals surface area contributed by atoms with Gasteiger partial charge in [0.2, 0.25) is 17.7 Å². The average Bonchev–Trinajstić information content (AvgIpc) is 3.60. The normalized spacial score (nSPS) is 30.1. The molecule has 2 bridgehead atoms. The Bertz CT molecular complexity index is 1240. The van der Waals surface area contributed by atoms with Crippen molar-refractivity contribution in [3.8, 4) is 5.75 Å². The second-order valence-corrected chi connectivity index (χ2v) is 13.0. The Hall–Kier alpha value is -3.17. The summed E-state index contributed by atoms with van der Waals surface area (Å²) in [6.45, 7) is 14.5. The number of nitrogens with zero attached hydrogens (tertiary/aromatic N) is 3. The summed E-state index contributed by atoms with van der Waals surface area (Å²) in [5, 5.41) is 10.4. The first-order valence-corrected chi connectivity index (χ1v) is 16.4. The van der Waals surface area contributed by atoms with Gasteiger partial charge in [0.05, 0.1) is 36.7 Å². The number of rotatable bonds is 13. The van der Waals surface area contributed by atoms with Crippen LogP contribution >= 0.6 is 0 Å². The first-order chi connectivity index (χ1) is 21.2. The van der Waals surface area contributed by atoms with Crippen molar-refractivity contribution in [2.45, 2.75) is 101 Å². The van der Waals surface area contributed by atoms with Gasteiger partial charge in [0.1, 0.15) is 17.4 Å². The largest absolute Gasteiger partial charge is 0.494 e. The molecule has 0 aromatic heterocycles. The molecule has 9 nitrogen and oxygen atoms in total. The van der Waals surface area contributed by atoms with E-state index in [0.717, 1.165) is 32.1 Å². The van der Waals surface area contributed by atoms with Crippen molar-refractivity contribution >= 4 is 23.4 Å². The predicted molar refractivity (Wildman–Crippen MR) is 169 cm³/mol. The second-order valence-electron chi connectivity index (χ2n) is 13.0. The molecule has 1 saturated carbocycles. The Balaban J connectivity index is 1.56. The fourth-order valence-electron chi connectivity index (χ4n) is 8.44. The molecule has 1 spiro atoms. The van der Waals surface area contributed by atoms with E-state index in [-0.39, 0.29) is 36.9 Å². The number of aliphatic hydroxyl groups excluding tert-OH is 1. The first-order valence-electron chi connectivity index (χ1n) is 16.4. The molecule has 1 aromatic rings. The van der Waals surface area contributed by atoms with Crippen LogP contribution in [0.1, 0.15) is 72.1 Å². The Morgan fingerprint density at radius 3 is 2.36 bits per heavy atom. The summed E-state index contributed by atoms with van der Waals surface area (Å²) >= 11 is 0. The van der Waals surface area contributed by atoms with Crippen molar-refractivity contribution in [3.05, 3.63) is 49.6 Å². The van der Waals surface area contributed by atoms with Crippen LogP contribution in [0.2, 0.25) is 0 Å². The Kier molecular flexibility index (Phi) is 9.56. The van der Waals surface area contributed by atoms with Gasteiger partial charge in [-0.05, 0) is 70.2 Å². The van der Waals surface area contributed by atoms with E-state index in [0.29, 0.717) is 43.9 Å². The zero-order chi connectivity index (χ0) is 31.6. The zero-order valence-electron chi connectivity index (χ0n) is 26.6. The van der Waals surface area contributed by atoms with E-state index in [1.54, 1.807) is 22.0 Å². The highest BCUT2D eigenvalue weighted by Gasteiger charge is 2.79. The molecule has 44 heavy (non-hydrogen) atoms. The summed E-state index contributed by atoms with van der Waals surface area (Å²) in [4.78, 5) is 49.2. The zero-order valence-corrected chi connectivity index (χ0v) is 26.6. The number of carbonyl (C=O) groups excluding carboxylic acids is 3. The molecule has 2 unspecified atom stereocenters. The number of anilines is 1. The lowest BCUT2D eigenvalue weighted by molar-refractivity contribution is -0.156. The van der Waals surface area contributed by atoms with Crippen LogP contribution in [0.5, 0.6) is 5.75 Å². The number of amides is 3. The van der Waals surface area contributed by atoms with Crippen LogP contribution in [-0.4, -0.2) is 88.3 Å². The molecule has 6 atom stereocenters. The molecule has 4 aliphatic rings. The van der Waals surface area contributed by atoms with Crippen LogP contribution in [0.3, 0.4) is 0 Å². The topological polar surface area (TPSA) is 99.6 Å². The molecule has 9 heteroatoms. The maximum Gasteiger partial charge on any atom is 0.248 e. The van der Waals surface area contributed by atoms with Crippen molar-refractivity contribution in [1.29, 1.82) is 0 Å². The monoisotopic (exact) mass is 607 g/mol. The van der Waals surface area contributed by atoms with Crippen LogP contribution in [0, 0.1) is 11.8 Å². The van der Waals surface area contributed by atoms with E-state index in [2.05, 4.69) is 13.2 Å². The number of fused-ring (bicyclic) bond motifs is 1. The van der Waals surface area contributed by atoms with Gasteiger partial charge in [0, 0.05) is 24.8 Å². The fraction of sp³-hybridized carbons (Fsp3) is 0.629. The van der Waals surface area contributed by atoms with Gasteiger partial charge in [-0.25, -0.2) is 0 Å². The molecular formula is C35H49N3O6. The van der Waals surface area contributed by atoms with Crippen molar-refractivity contribution in [1.82, 2.24) is 9.80 Å². The summed E-state index contributed by atoms with van der Waals surface area (Å²) in [5.41, 5.74) is -1.40. The molecule has 3 aliphatic heterocycles. The number of aliphatic hydroxyl groups is 1. The number of likely N-dealkylation sites (tertiary alicyclic amines) is 1. The minimum atomic E-state index is -1.15. The second kappa shape index (κ2) is 13.1. The average molecular weight is 608 g/mol. The van der Waals surface area contributed by atoms with E-state index in [1.165, 1.54) is 0 Å². The lowest BCUT2D eigenvalue weighted by Gasteiger charge is -2.42. The van der Waals surface area contributed by atoms with E-state index in [1.807, 2.05) is 49.9 Å². The molecule has 4 fully saturated rings. The molecule has 240 valence electrons. The van der Waals surface area contributed by atoms with E-state index < -0.39 is 35.1 Å². The van der Waals surface area contributed by atoms with Crippen LogP contribution in [0.25, 0.3) is 0 Å². The Morgan fingerprint density at radius 1 is 1.09 bits per heavy atom. The standard InChI is InChI=1S/C35H49N3O6/c1-6-21-36(26-15-17-27(18-16-26)43-9-4)31(40)28-29-32(41)38(24(8-3)23-39)30(35(29)20-19-34(28,5)44-35)33(42)37(22-7-2)25-13-11-10-12-14-25/h6-7,15-18,24-25,28-30,39H,1-2,8-14,19-23H2,3-5H3/t24-,28+,29-,30?,34-,35?/m0/s1. The highest BCUT2D eigenvalue weighted by molar-refractivity contribution is 6.03. The highest BCUT2D eigenvalue weighted by Crippen LogP contribution is 2.64. The van der Waals surface area contributed by atoms with Crippen molar-refractivity contribution in [2.75, 3.05) is 31.2 Å². The highest BCUT2D eigenvalue weighted by atomic mass is 16.5. The van der Waals surface area contributed by atoms with Gasteiger partial charge < -0.3 is 29.3 Å². The minimum Gasteiger partial charge on any atom is -0.494 e. The smallest absolute Gasteiger partial charge is 0.248 e. The van der Waals surface area contributed by atoms with Crippen molar-refractivity contribution < 1.29 is 29.0 Å². The SMILES string of the molecule is C=CCN(C(=O)[C@H]1[C@H]2C(=O)N([C@@H](CC)CO)C(C(=O)N(CC=C)C3CCCCC3)C23CC[C@]1(C)O3)c1ccc(OCC)cc1. The quantitative estimate of drug-likeness (QED) is 0.332. The maximum atomic E-state index is 14.8. The number of carbonyl (C=O) groups is 3. The van der Waals surface area contributed by atoms with Crippen molar-refractivity contribution in [2.24, 2.45) is 11.8 Å². The summed E-state index contributed by atoms with van der Waals surface area (Å²) in [5.74, 6) is -1.60. The molecule has 3 amide bonds. The molecule has 1 aliphatic carbocycles. The van der Waals surface area contributed by atoms with Gasteiger partial charge >= 0.3 is 0 Å². The Morgan fingerprint density at radius 2 is 1.77 bits per heavy atom. The maximum absolute atomic E-state index is 14.8. The van der Waals surface area contributed by atoms with Gasteiger partial charge in [-0.1, -0.05) is 38.3 Å². The minimum absolute atomic E-state index is 0.0604.